The number of nitrogens with zero attached hydrogens (tertiary/aromatic N) is 4. The number of halogens is 2. The summed E-state index contributed by atoms with van der Waals surface area (Å²) in [7, 11) is 0. The highest BCUT2D eigenvalue weighted by Crippen LogP contribution is 2.36. The number of aryl methyl sites for hydroxylation is 2. The van der Waals surface area contributed by atoms with Gasteiger partial charge in [0.05, 0.1) is 5.69 Å². The Balaban J connectivity index is 1.80. The zero-order valence-corrected chi connectivity index (χ0v) is 19.2. The first kappa shape index (κ1) is 19.5. The van der Waals surface area contributed by atoms with Gasteiger partial charge in [0.1, 0.15) is 5.65 Å². The van der Waals surface area contributed by atoms with E-state index in [1.807, 2.05) is 0 Å². The number of benzene rings is 1. The molecule has 0 N–H and O–H groups in total. The van der Waals surface area contributed by atoms with Gasteiger partial charge in [0.25, 0.3) is 0 Å². The van der Waals surface area contributed by atoms with Gasteiger partial charge in [-0.2, -0.15) is 0 Å². The van der Waals surface area contributed by atoms with E-state index in [-0.39, 0.29) is 0 Å². The Morgan fingerprint density at radius 1 is 1.14 bits per heavy atom. The number of anilines is 1. The van der Waals surface area contributed by atoms with Crippen LogP contribution in [0.5, 0.6) is 0 Å². The van der Waals surface area contributed by atoms with Crippen molar-refractivity contribution < 1.29 is 0 Å². The van der Waals surface area contributed by atoms with Crippen LogP contribution in [0.15, 0.2) is 39.4 Å². The topological polar surface area (TPSA) is 25.4 Å². The number of pyridine rings is 1. The van der Waals surface area contributed by atoms with E-state index in [0.717, 1.165) is 51.9 Å². The summed E-state index contributed by atoms with van der Waals surface area (Å²) in [6.07, 6.45) is 4.35. The van der Waals surface area contributed by atoms with Crippen molar-refractivity contribution in [3.63, 3.8) is 0 Å². The SMILES string of the molecule is [C-]#[N+]CC1CCN(c2cc(C)nc3c2c(C)cn3-c2ccc(Br)cc2Br)CC1. The molecule has 0 bridgehead atoms. The van der Waals surface area contributed by atoms with Crippen molar-refractivity contribution in [1.29, 1.82) is 0 Å². The molecule has 0 radical (unpaired) electrons. The monoisotopic (exact) mass is 500 g/mol. The molecule has 28 heavy (non-hydrogen) atoms. The lowest BCUT2D eigenvalue weighted by Gasteiger charge is -2.32. The number of hydrogen-bond donors (Lipinski definition) is 0. The first-order valence-electron chi connectivity index (χ1n) is 9.51. The fraction of sp³-hybridized carbons (Fsp3) is 0.364. The maximum atomic E-state index is 7.13. The normalized spacial score (nSPS) is 15.2. The number of hydrogen-bond acceptors (Lipinski definition) is 2. The molecule has 1 saturated heterocycles. The molecular weight excluding hydrogens is 480 g/mol. The van der Waals surface area contributed by atoms with E-state index in [2.05, 4.69) is 90.5 Å². The van der Waals surface area contributed by atoms with Crippen LogP contribution < -0.4 is 4.90 Å². The van der Waals surface area contributed by atoms with Crippen LogP contribution in [0.2, 0.25) is 0 Å². The molecule has 3 aromatic rings. The Morgan fingerprint density at radius 3 is 2.57 bits per heavy atom. The number of rotatable bonds is 3. The second-order valence-electron chi connectivity index (χ2n) is 7.53. The van der Waals surface area contributed by atoms with Gasteiger partial charge in [-0.15, -0.1) is 0 Å². The fourth-order valence-electron chi connectivity index (χ4n) is 4.11. The van der Waals surface area contributed by atoms with Crippen LogP contribution in [0.3, 0.4) is 0 Å². The molecule has 1 aromatic carbocycles. The summed E-state index contributed by atoms with van der Waals surface area (Å²) >= 11 is 7.24. The molecule has 0 unspecified atom stereocenters. The summed E-state index contributed by atoms with van der Waals surface area (Å²) in [5, 5.41) is 1.23. The molecule has 0 amide bonds. The van der Waals surface area contributed by atoms with E-state index >= 15 is 0 Å². The summed E-state index contributed by atoms with van der Waals surface area (Å²) in [5.74, 6) is 0.539. The maximum Gasteiger partial charge on any atom is 0.217 e. The van der Waals surface area contributed by atoms with Crippen molar-refractivity contribution in [2.75, 3.05) is 24.5 Å². The second-order valence-corrected chi connectivity index (χ2v) is 9.30. The smallest absolute Gasteiger partial charge is 0.217 e. The zero-order chi connectivity index (χ0) is 19.8. The minimum atomic E-state index is 0.539. The zero-order valence-electron chi connectivity index (χ0n) is 16.0. The van der Waals surface area contributed by atoms with Gasteiger partial charge in [-0.1, -0.05) is 15.9 Å². The predicted molar refractivity (Wildman–Crippen MR) is 122 cm³/mol. The molecule has 0 atom stereocenters. The third kappa shape index (κ3) is 3.58. The number of fused-ring (bicyclic) bond motifs is 1. The molecule has 4 rings (SSSR count). The van der Waals surface area contributed by atoms with Gasteiger partial charge >= 0.3 is 0 Å². The van der Waals surface area contributed by atoms with E-state index in [1.54, 1.807) is 0 Å². The van der Waals surface area contributed by atoms with Gasteiger partial charge in [-0.25, -0.2) is 11.6 Å². The molecule has 0 saturated carbocycles. The highest BCUT2D eigenvalue weighted by Gasteiger charge is 2.24. The predicted octanol–water partition coefficient (Wildman–Crippen LogP) is 6.30. The van der Waals surface area contributed by atoms with Gasteiger partial charge in [0.15, 0.2) is 0 Å². The summed E-state index contributed by atoms with van der Waals surface area (Å²) < 4.78 is 4.26. The molecule has 0 spiro atoms. The Bertz CT molecular complexity index is 1070. The molecular formula is C22H22Br2N4. The van der Waals surface area contributed by atoms with Crippen LogP contribution in [0.1, 0.15) is 24.1 Å². The number of piperidine rings is 1. The average molecular weight is 502 g/mol. The van der Waals surface area contributed by atoms with E-state index in [1.165, 1.54) is 16.6 Å². The standard InChI is InChI=1S/C22H22Br2N4/c1-14-13-28(19-5-4-17(23)11-18(19)24)22-21(14)20(10-15(2)26-22)27-8-6-16(7-9-27)12-25-3/h4-5,10-11,13,16H,6-9,12H2,1-2H3. The van der Waals surface area contributed by atoms with Gasteiger partial charge in [0.2, 0.25) is 6.54 Å². The molecule has 6 heteroatoms. The van der Waals surface area contributed by atoms with Crippen molar-refractivity contribution in [3.8, 4) is 5.69 Å². The van der Waals surface area contributed by atoms with Crippen LogP contribution in [0.4, 0.5) is 5.69 Å². The minimum Gasteiger partial charge on any atom is -0.371 e. The Morgan fingerprint density at radius 2 is 1.89 bits per heavy atom. The molecule has 3 heterocycles. The Labute approximate surface area is 182 Å². The Kier molecular flexibility index (Phi) is 5.48. The molecule has 144 valence electrons. The molecule has 2 aromatic heterocycles. The van der Waals surface area contributed by atoms with Crippen LogP contribution in [-0.2, 0) is 0 Å². The van der Waals surface area contributed by atoms with Crippen LogP contribution >= 0.6 is 31.9 Å². The Hall–Kier alpha value is -1.84. The quantitative estimate of drug-likeness (QED) is 0.393. The third-order valence-corrected chi connectivity index (χ3v) is 6.66. The molecule has 4 nitrogen and oxygen atoms in total. The first-order chi connectivity index (χ1) is 13.5. The lowest BCUT2D eigenvalue weighted by atomic mass is 9.96. The van der Waals surface area contributed by atoms with E-state index in [4.69, 9.17) is 11.6 Å². The van der Waals surface area contributed by atoms with Gasteiger partial charge in [-0.05, 0) is 72.4 Å². The maximum absolute atomic E-state index is 7.13. The molecule has 0 aliphatic carbocycles. The van der Waals surface area contributed by atoms with Gasteiger partial charge in [-0.3, -0.25) is 4.57 Å². The van der Waals surface area contributed by atoms with Crippen molar-refractivity contribution in [1.82, 2.24) is 9.55 Å². The van der Waals surface area contributed by atoms with Crippen molar-refractivity contribution in [2.45, 2.75) is 26.7 Å². The fourth-order valence-corrected chi connectivity index (χ4v) is 5.35. The highest BCUT2D eigenvalue weighted by molar-refractivity contribution is 9.11. The summed E-state index contributed by atoms with van der Waals surface area (Å²) in [6.45, 7) is 14.0. The molecule has 1 fully saturated rings. The lowest BCUT2D eigenvalue weighted by Crippen LogP contribution is -2.34. The van der Waals surface area contributed by atoms with Crippen molar-refractivity contribution in [3.05, 3.63) is 62.1 Å². The molecule has 1 aliphatic rings. The largest absolute Gasteiger partial charge is 0.371 e. The minimum absolute atomic E-state index is 0.539. The first-order valence-corrected chi connectivity index (χ1v) is 11.1. The summed E-state index contributed by atoms with van der Waals surface area (Å²) in [5.41, 5.74) is 5.61. The highest BCUT2D eigenvalue weighted by atomic mass is 79.9. The number of aromatic nitrogens is 2. The summed E-state index contributed by atoms with van der Waals surface area (Å²) in [4.78, 5) is 11.0. The van der Waals surface area contributed by atoms with E-state index in [0.29, 0.717) is 12.5 Å². The van der Waals surface area contributed by atoms with Gasteiger partial charge in [0, 0.05) is 50.9 Å². The van der Waals surface area contributed by atoms with Crippen LogP contribution in [0.25, 0.3) is 21.6 Å². The van der Waals surface area contributed by atoms with E-state index in [9.17, 15) is 0 Å². The average Bonchev–Trinajstić information content (AvgIpc) is 2.98. The van der Waals surface area contributed by atoms with Crippen molar-refractivity contribution >= 4 is 48.6 Å². The van der Waals surface area contributed by atoms with Gasteiger partial charge < -0.3 is 9.74 Å². The lowest BCUT2D eigenvalue weighted by molar-refractivity contribution is 0.431. The molecule has 1 aliphatic heterocycles. The van der Waals surface area contributed by atoms with Crippen molar-refractivity contribution in [2.24, 2.45) is 5.92 Å². The van der Waals surface area contributed by atoms with Crippen LogP contribution in [-0.4, -0.2) is 29.2 Å². The third-order valence-electron chi connectivity index (χ3n) is 5.53. The van der Waals surface area contributed by atoms with E-state index < -0.39 is 0 Å². The summed E-state index contributed by atoms with van der Waals surface area (Å²) in [6, 6.07) is 8.44. The van der Waals surface area contributed by atoms with Crippen LogP contribution in [0, 0.1) is 26.3 Å². The second kappa shape index (κ2) is 7.88.